The Morgan fingerprint density at radius 2 is 2.13 bits per heavy atom. The highest BCUT2D eigenvalue weighted by Crippen LogP contribution is 2.39. The number of nitrogens with two attached hydrogens (primary N) is 1. The lowest BCUT2D eigenvalue weighted by Crippen LogP contribution is -2.50. The maximum atomic E-state index is 13.0. The minimum atomic E-state index is -1.01. The number of carbonyl (C=O) groups excluding carboxylic acids is 2. The second-order valence-electron chi connectivity index (χ2n) is 7.28. The van der Waals surface area contributed by atoms with Crippen molar-refractivity contribution in [2.45, 2.75) is 24.5 Å². The van der Waals surface area contributed by atoms with Crippen LogP contribution < -0.4 is 11.1 Å². The lowest BCUT2D eigenvalue weighted by atomic mass is 10.0. The molecule has 0 saturated heterocycles. The summed E-state index contributed by atoms with van der Waals surface area (Å²) in [6.07, 6.45) is 0.570. The van der Waals surface area contributed by atoms with Crippen molar-refractivity contribution in [2.75, 3.05) is 13.7 Å². The summed E-state index contributed by atoms with van der Waals surface area (Å²) in [6, 6.07) is 7.68. The Balaban J connectivity index is 1.61. The van der Waals surface area contributed by atoms with E-state index < -0.39 is 18.7 Å². The number of aliphatic hydroxyl groups is 1. The Hall–Kier alpha value is -2.10. The van der Waals surface area contributed by atoms with Gasteiger partial charge in [0.15, 0.2) is 0 Å². The minimum absolute atomic E-state index is 0.305. The number of aromatic nitrogens is 1. The van der Waals surface area contributed by atoms with Crippen molar-refractivity contribution in [1.29, 1.82) is 0 Å². The third-order valence-corrected chi connectivity index (χ3v) is 7.34. The maximum Gasteiger partial charge on any atom is 0.268 e. The lowest BCUT2D eigenvalue weighted by Gasteiger charge is -2.32. The van der Waals surface area contributed by atoms with E-state index in [9.17, 15) is 14.7 Å². The van der Waals surface area contributed by atoms with E-state index in [-0.39, 0.29) is 17.9 Å². The quantitative estimate of drug-likeness (QED) is 0.462. The highest BCUT2D eigenvalue weighted by Gasteiger charge is 2.39. The van der Waals surface area contributed by atoms with Crippen LogP contribution in [0.5, 0.6) is 0 Å². The number of hydrogen-bond donors (Lipinski definition) is 4. The number of likely N-dealkylation sites (N-methyl/N-ethyl adjacent to an activating group) is 1. The molecule has 0 spiro atoms. The number of carbonyl (C=O) groups is 2. The lowest BCUT2D eigenvalue weighted by molar-refractivity contribution is -0.134. The zero-order chi connectivity index (χ0) is 21.6. The predicted octanol–water partition coefficient (Wildman–Crippen LogP) is 2.71. The van der Waals surface area contributed by atoms with Crippen LogP contribution in [0.3, 0.4) is 0 Å². The van der Waals surface area contributed by atoms with E-state index in [1.807, 2.05) is 24.3 Å². The van der Waals surface area contributed by atoms with Crippen molar-refractivity contribution in [1.82, 2.24) is 15.2 Å². The van der Waals surface area contributed by atoms with E-state index in [1.54, 1.807) is 13.1 Å². The van der Waals surface area contributed by atoms with Gasteiger partial charge in [0.1, 0.15) is 16.1 Å². The fraction of sp³-hybridized carbons (Fsp3) is 0.300. The van der Waals surface area contributed by atoms with Crippen LogP contribution in [0, 0.1) is 0 Å². The van der Waals surface area contributed by atoms with Crippen molar-refractivity contribution < 1.29 is 14.7 Å². The number of nitrogens with zero attached hydrogens (tertiary/aromatic N) is 1. The maximum absolute atomic E-state index is 13.0. The number of amides is 2. The second-order valence-corrected chi connectivity index (χ2v) is 9.31. The summed E-state index contributed by atoms with van der Waals surface area (Å²) < 4.78 is 1.26. The molecule has 1 aliphatic carbocycles. The molecule has 0 radical (unpaired) electrons. The Kier molecular flexibility index (Phi) is 5.78. The molecule has 0 bridgehead atoms. The van der Waals surface area contributed by atoms with Gasteiger partial charge in [0.05, 0.1) is 33.9 Å². The van der Waals surface area contributed by atoms with Crippen molar-refractivity contribution in [3.63, 3.8) is 0 Å². The van der Waals surface area contributed by atoms with Crippen LogP contribution >= 0.6 is 34.5 Å². The summed E-state index contributed by atoms with van der Waals surface area (Å²) in [6.45, 7) is -0.447. The third-order valence-electron chi connectivity index (χ3n) is 5.41. The summed E-state index contributed by atoms with van der Waals surface area (Å²) in [7, 11) is 1.64. The van der Waals surface area contributed by atoms with Gasteiger partial charge in [0, 0.05) is 7.05 Å². The predicted molar refractivity (Wildman–Crippen MR) is 118 cm³/mol. The van der Waals surface area contributed by atoms with Gasteiger partial charge in [-0.2, -0.15) is 0 Å². The van der Waals surface area contributed by atoms with Crippen molar-refractivity contribution in [3.8, 4) is 0 Å². The summed E-state index contributed by atoms with van der Waals surface area (Å²) in [5.74, 6) is -0.694. The number of hydrogen-bond acceptors (Lipinski definition) is 5. The number of nitrogens with one attached hydrogen (secondary N) is 2. The van der Waals surface area contributed by atoms with Crippen LogP contribution in [0.4, 0.5) is 0 Å². The van der Waals surface area contributed by atoms with Crippen LogP contribution in [0.15, 0.2) is 30.3 Å². The molecule has 1 aliphatic rings. The SMILES string of the molecule is CN(C(=O)[C@@H](N)CO)[C@@H]1c2ccccc2C[C@H]1NC(=O)c1cc2sc(Cl)c(Cl)c2[nH]1. The molecule has 1 aromatic carbocycles. The number of benzene rings is 1. The molecule has 30 heavy (non-hydrogen) atoms. The molecule has 2 heterocycles. The van der Waals surface area contributed by atoms with Crippen LogP contribution in [0.1, 0.15) is 27.7 Å². The fourth-order valence-corrected chi connectivity index (χ4v) is 5.43. The highest BCUT2D eigenvalue weighted by molar-refractivity contribution is 7.23. The molecular weight excluding hydrogens is 447 g/mol. The van der Waals surface area contributed by atoms with Crippen molar-refractivity contribution in [2.24, 2.45) is 5.73 Å². The molecule has 0 aliphatic heterocycles. The van der Waals surface area contributed by atoms with Crippen LogP contribution in [-0.2, 0) is 11.2 Å². The number of halogens is 2. The van der Waals surface area contributed by atoms with Gasteiger partial charge in [-0.15, -0.1) is 11.3 Å². The Morgan fingerprint density at radius 3 is 2.83 bits per heavy atom. The van der Waals surface area contributed by atoms with Gasteiger partial charge in [-0.1, -0.05) is 47.5 Å². The number of fused-ring (bicyclic) bond motifs is 2. The standard InChI is InChI=1S/C20H20Cl2N4O3S/c1-26(20(29)11(23)8-27)17-10-5-3-2-4-9(10)6-12(17)25-19(28)13-7-14-16(24-13)15(21)18(22)30-14/h2-5,7,11-12,17,24,27H,6,8,23H2,1H3,(H,25,28)/t11-,12+,17+/m0/s1. The zero-order valence-electron chi connectivity index (χ0n) is 16.0. The van der Waals surface area contributed by atoms with E-state index in [1.165, 1.54) is 16.2 Å². The van der Waals surface area contributed by atoms with E-state index in [2.05, 4.69) is 10.3 Å². The minimum Gasteiger partial charge on any atom is -0.394 e. The molecule has 158 valence electrons. The molecule has 3 aromatic rings. The second kappa shape index (κ2) is 8.20. The average Bonchev–Trinajstić information content (AvgIpc) is 3.39. The summed E-state index contributed by atoms with van der Waals surface area (Å²) in [5, 5.41) is 12.7. The molecule has 0 saturated carbocycles. The first-order valence-electron chi connectivity index (χ1n) is 9.30. The zero-order valence-corrected chi connectivity index (χ0v) is 18.3. The van der Waals surface area contributed by atoms with Gasteiger partial charge in [0.25, 0.3) is 5.91 Å². The first-order chi connectivity index (χ1) is 14.3. The molecule has 10 heteroatoms. The molecule has 2 amide bonds. The Morgan fingerprint density at radius 1 is 1.40 bits per heavy atom. The summed E-state index contributed by atoms with van der Waals surface area (Å²) in [4.78, 5) is 30.1. The van der Waals surface area contributed by atoms with Gasteiger partial charge in [-0.3, -0.25) is 9.59 Å². The fourth-order valence-electron chi connectivity index (χ4n) is 3.95. The average molecular weight is 467 g/mol. The first kappa shape index (κ1) is 21.1. The largest absolute Gasteiger partial charge is 0.394 e. The molecule has 7 nitrogen and oxygen atoms in total. The smallest absolute Gasteiger partial charge is 0.268 e. The third kappa shape index (κ3) is 3.59. The van der Waals surface area contributed by atoms with E-state index in [4.69, 9.17) is 28.9 Å². The molecule has 5 N–H and O–H groups in total. The van der Waals surface area contributed by atoms with E-state index >= 15 is 0 Å². The Labute approximate surface area is 186 Å². The number of rotatable bonds is 5. The molecule has 4 rings (SSSR count). The summed E-state index contributed by atoms with van der Waals surface area (Å²) >= 11 is 13.5. The van der Waals surface area contributed by atoms with Crippen LogP contribution in [0.25, 0.3) is 10.2 Å². The normalized spacial score (nSPS) is 19.0. The Bertz CT molecular complexity index is 1130. The van der Waals surface area contributed by atoms with E-state index in [0.717, 1.165) is 15.8 Å². The molecular formula is C20H20Cl2N4O3S. The molecule has 2 aromatic heterocycles. The molecule has 0 fully saturated rings. The topological polar surface area (TPSA) is 111 Å². The van der Waals surface area contributed by atoms with Gasteiger partial charge in [-0.05, 0) is 23.6 Å². The number of aromatic amines is 1. The van der Waals surface area contributed by atoms with Crippen LogP contribution in [0.2, 0.25) is 9.36 Å². The van der Waals surface area contributed by atoms with Gasteiger partial charge in [0.2, 0.25) is 5.91 Å². The van der Waals surface area contributed by atoms with Crippen LogP contribution in [-0.4, -0.2) is 52.5 Å². The van der Waals surface area contributed by atoms with Crippen molar-refractivity contribution in [3.05, 3.63) is 56.5 Å². The van der Waals surface area contributed by atoms with Gasteiger partial charge < -0.3 is 26.0 Å². The monoisotopic (exact) mass is 466 g/mol. The molecule has 3 atom stereocenters. The highest BCUT2D eigenvalue weighted by atomic mass is 35.5. The van der Waals surface area contributed by atoms with Gasteiger partial charge >= 0.3 is 0 Å². The van der Waals surface area contributed by atoms with Crippen molar-refractivity contribution >= 4 is 56.6 Å². The van der Waals surface area contributed by atoms with Gasteiger partial charge in [-0.25, -0.2) is 0 Å². The number of thiophene rings is 1. The molecule has 0 unspecified atom stereocenters. The number of aliphatic hydroxyl groups excluding tert-OH is 1. The van der Waals surface area contributed by atoms with E-state index in [0.29, 0.717) is 27.0 Å². The number of H-pyrrole nitrogens is 1. The first-order valence-corrected chi connectivity index (χ1v) is 10.9. The summed E-state index contributed by atoms with van der Waals surface area (Å²) in [5.41, 5.74) is 8.74.